The summed E-state index contributed by atoms with van der Waals surface area (Å²) in [5, 5.41) is 8.84. The average molecular weight is 252 g/mol. The number of carboxylic acid groups (broad SMARTS) is 1. The van der Waals surface area contributed by atoms with Crippen molar-refractivity contribution in [2.75, 3.05) is 19.6 Å². The third kappa shape index (κ3) is 4.07. The van der Waals surface area contributed by atoms with Crippen LogP contribution < -0.4 is 4.72 Å². The molecule has 96 valence electrons. The minimum Gasteiger partial charge on any atom is -0.481 e. The Bertz CT molecular complexity index is 333. The normalized spacial score (nSPS) is 13.1. The molecule has 0 amide bonds. The summed E-state index contributed by atoms with van der Waals surface area (Å²) in [5.41, 5.74) is -1.11. The maximum atomic E-state index is 11.7. The highest BCUT2D eigenvalue weighted by atomic mass is 32.2. The van der Waals surface area contributed by atoms with Gasteiger partial charge in [-0.05, 0) is 13.8 Å². The van der Waals surface area contributed by atoms with Crippen molar-refractivity contribution in [3.05, 3.63) is 0 Å². The van der Waals surface area contributed by atoms with Crippen LogP contribution in [-0.2, 0) is 15.0 Å². The molecule has 0 aliphatic heterocycles. The van der Waals surface area contributed by atoms with Crippen molar-refractivity contribution in [2.45, 2.75) is 27.7 Å². The maximum absolute atomic E-state index is 11.7. The summed E-state index contributed by atoms with van der Waals surface area (Å²) < 4.78 is 26.9. The van der Waals surface area contributed by atoms with Gasteiger partial charge in [0.25, 0.3) is 10.2 Å². The molecule has 0 unspecified atom stereocenters. The van der Waals surface area contributed by atoms with Gasteiger partial charge in [-0.15, -0.1) is 0 Å². The molecule has 0 aromatic rings. The second kappa shape index (κ2) is 5.60. The van der Waals surface area contributed by atoms with Gasteiger partial charge < -0.3 is 5.11 Å². The van der Waals surface area contributed by atoms with Crippen LogP contribution in [0.4, 0.5) is 0 Å². The van der Waals surface area contributed by atoms with Gasteiger partial charge in [0.15, 0.2) is 0 Å². The Balaban J connectivity index is 4.57. The highest BCUT2D eigenvalue weighted by Crippen LogP contribution is 2.14. The summed E-state index contributed by atoms with van der Waals surface area (Å²) in [4.78, 5) is 10.8. The van der Waals surface area contributed by atoms with Gasteiger partial charge >= 0.3 is 5.97 Å². The minimum absolute atomic E-state index is 0.124. The lowest BCUT2D eigenvalue weighted by Crippen LogP contribution is -2.45. The molecular formula is C9H20N2O4S. The summed E-state index contributed by atoms with van der Waals surface area (Å²) in [6, 6.07) is 0. The van der Waals surface area contributed by atoms with E-state index in [1.807, 2.05) is 0 Å². The van der Waals surface area contributed by atoms with E-state index < -0.39 is 21.6 Å². The fraction of sp³-hybridized carbons (Fsp3) is 0.889. The van der Waals surface area contributed by atoms with Gasteiger partial charge in [0.1, 0.15) is 0 Å². The van der Waals surface area contributed by atoms with E-state index in [9.17, 15) is 13.2 Å². The first-order valence-electron chi connectivity index (χ1n) is 5.15. The third-order valence-corrected chi connectivity index (χ3v) is 4.03. The quantitative estimate of drug-likeness (QED) is 0.681. The van der Waals surface area contributed by atoms with Crippen LogP contribution >= 0.6 is 0 Å². The van der Waals surface area contributed by atoms with Gasteiger partial charge in [0.05, 0.1) is 5.41 Å². The Kier molecular flexibility index (Phi) is 5.37. The van der Waals surface area contributed by atoms with E-state index in [0.29, 0.717) is 13.1 Å². The summed E-state index contributed by atoms with van der Waals surface area (Å²) in [6.07, 6.45) is 0. The predicted molar refractivity (Wildman–Crippen MR) is 61.3 cm³/mol. The number of rotatable bonds is 7. The molecular weight excluding hydrogens is 232 g/mol. The zero-order valence-corrected chi connectivity index (χ0v) is 11.0. The van der Waals surface area contributed by atoms with Gasteiger partial charge in [-0.3, -0.25) is 4.79 Å². The molecule has 0 spiro atoms. The van der Waals surface area contributed by atoms with Crippen LogP contribution in [0.15, 0.2) is 0 Å². The topological polar surface area (TPSA) is 86.7 Å². The number of carboxylic acids is 1. The SMILES string of the molecule is CCN(CC)S(=O)(=O)NCC(C)(C)C(=O)O. The van der Waals surface area contributed by atoms with Gasteiger partial charge in [-0.2, -0.15) is 12.7 Å². The van der Waals surface area contributed by atoms with Crippen molar-refractivity contribution in [3.63, 3.8) is 0 Å². The van der Waals surface area contributed by atoms with Crippen LogP contribution in [0.1, 0.15) is 27.7 Å². The second-order valence-corrected chi connectivity index (χ2v) is 5.85. The van der Waals surface area contributed by atoms with Gasteiger partial charge in [-0.1, -0.05) is 13.8 Å². The van der Waals surface area contributed by atoms with E-state index in [2.05, 4.69) is 4.72 Å². The third-order valence-electron chi connectivity index (χ3n) is 2.32. The van der Waals surface area contributed by atoms with Crippen LogP contribution in [0.5, 0.6) is 0 Å². The van der Waals surface area contributed by atoms with Gasteiger partial charge in [0, 0.05) is 19.6 Å². The molecule has 0 saturated carbocycles. The summed E-state index contributed by atoms with van der Waals surface area (Å²) in [7, 11) is -3.57. The second-order valence-electron chi connectivity index (χ2n) is 4.10. The number of hydrogen-bond donors (Lipinski definition) is 2. The van der Waals surface area contributed by atoms with Crippen LogP contribution in [0.2, 0.25) is 0 Å². The summed E-state index contributed by atoms with van der Waals surface area (Å²) in [6.45, 7) is 7.00. The van der Waals surface area contributed by atoms with Crippen molar-refractivity contribution in [3.8, 4) is 0 Å². The molecule has 0 aliphatic rings. The fourth-order valence-corrected chi connectivity index (χ4v) is 2.41. The van der Waals surface area contributed by atoms with Crippen LogP contribution in [0, 0.1) is 5.41 Å². The number of aliphatic carboxylic acids is 1. The Morgan fingerprint density at radius 3 is 2.06 bits per heavy atom. The van der Waals surface area contributed by atoms with Crippen LogP contribution in [0.25, 0.3) is 0 Å². The summed E-state index contributed by atoms with van der Waals surface area (Å²) in [5.74, 6) is -1.03. The molecule has 0 bridgehead atoms. The number of hydrogen-bond acceptors (Lipinski definition) is 3. The molecule has 0 fully saturated rings. The van der Waals surface area contributed by atoms with Gasteiger partial charge in [0.2, 0.25) is 0 Å². The van der Waals surface area contributed by atoms with E-state index in [0.717, 1.165) is 0 Å². The molecule has 0 saturated heterocycles. The Hall–Kier alpha value is -0.660. The molecule has 0 radical (unpaired) electrons. The van der Waals surface area contributed by atoms with Crippen molar-refractivity contribution in [1.82, 2.24) is 9.03 Å². The monoisotopic (exact) mass is 252 g/mol. The standard InChI is InChI=1S/C9H20N2O4S/c1-5-11(6-2)16(14,15)10-7-9(3,4)8(12)13/h10H,5-7H2,1-4H3,(H,12,13). The van der Waals surface area contributed by atoms with E-state index in [-0.39, 0.29) is 6.54 Å². The smallest absolute Gasteiger partial charge is 0.310 e. The van der Waals surface area contributed by atoms with E-state index in [1.165, 1.54) is 18.2 Å². The molecule has 0 aliphatic carbocycles. The lowest BCUT2D eigenvalue weighted by molar-refractivity contribution is -0.146. The van der Waals surface area contributed by atoms with Crippen molar-refractivity contribution in [2.24, 2.45) is 5.41 Å². The lowest BCUT2D eigenvalue weighted by Gasteiger charge is -2.23. The molecule has 0 aromatic heterocycles. The molecule has 16 heavy (non-hydrogen) atoms. The molecule has 0 aromatic carbocycles. The molecule has 7 heteroatoms. The van der Waals surface area contributed by atoms with Crippen LogP contribution in [0.3, 0.4) is 0 Å². The highest BCUT2D eigenvalue weighted by Gasteiger charge is 2.30. The summed E-state index contributed by atoms with van der Waals surface area (Å²) >= 11 is 0. The Morgan fingerprint density at radius 2 is 1.75 bits per heavy atom. The number of carbonyl (C=O) groups is 1. The number of nitrogens with zero attached hydrogens (tertiary/aromatic N) is 1. The zero-order valence-electron chi connectivity index (χ0n) is 10.1. The lowest BCUT2D eigenvalue weighted by atomic mass is 9.95. The molecule has 0 atom stereocenters. The minimum atomic E-state index is -3.57. The van der Waals surface area contributed by atoms with Crippen molar-refractivity contribution >= 4 is 16.2 Å². The molecule has 0 heterocycles. The highest BCUT2D eigenvalue weighted by molar-refractivity contribution is 7.87. The Labute approximate surface area is 96.8 Å². The van der Waals surface area contributed by atoms with E-state index in [1.54, 1.807) is 13.8 Å². The van der Waals surface area contributed by atoms with Crippen molar-refractivity contribution in [1.29, 1.82) is 0 Å². The zero-order chi connectivity index (χ0) is 13.0. The first kappa shape index (κ1) is 15.3. The van der Waals surface area contributed by atoms with Crippen molar-refractivity contribution < 1.29 is 18.3 Å². The first-order valence-corrected chi connectivity index (χ1v) is 6.59. The van der Waals surface area contributed by atoms with Crippen LogP contribution in [-0.4, -0.2) is 43.4 Å². The number of nitrogens with one attached hydrogen (secondary N) is 1. The van der Waals surface area contributed by atoms with E-state index >= 15 is 0 Å². The molecule has 0 rings (SSSR count). The largest absolute Gasteiger partial charge is 0.481 e. The predicted octanol–water partition coefficient (Wildman–Crippen LogP) is 0.273. The Morgan fingerprint density at radius 1 is 1.31 bits per heavy atom. The first-order chi connectivity index (χ1) is 7.17. The molecule has 6 nitrogen and oxygen atoms in total. The van der Waals surface area contributed by atoms with Gasteiger partial charge in [-0.25, -0.2) is 4.72 Å². The average Bonchev–Trinajstić information content (AvgIpc) is 2.16. The van der Waals surface area contributed by atoms with E-state index in [4.69, 9.17) is 5.11 Å². The fourth-order valence-electron chi connectivity index (χ4n) is 1.00. The maximum Gasteiger partial charge on any atom is 0.310 e. The molecule has 2 N–H and O–H groups in total.